The van der Waals surface area contributed by atoms with Crippen molar-refractivity contribution in [3.05, 3.63) is 23.4 Å². The summed E-state index contributed by atoms with van der Waals surface area (Å²) in [6, 6.07) is 0.198. The van der Waals surface area contributed by atoms with E-state index in [1.807, 2.05) is 6.92 Å². The van der Waals surface area contributed by atoms with Gasteiger partial charge in [-0.25, -0.2) is 0 Å². The maximum atomic E-state index is 5.35. The van der Waals surface area contributed by atoms with Gasteiger partial charge in [-0.3, -0.25) is 4.90 Å². The molecule has 20 heavy (non-hydrogen) atoms. The van der Waals surface area contributed by atoms with Gasteiger partial charge in [0.05, 0.1) is 12.6 Å². The number of aromatic nitrogens is 4. The third-order valence-corrected chi connectivity index (χ3v) is 3.97. The second-order valence-electron chi connectivity index (χ2n) is 5.62. The van der Waals surface area contributed by atoms with Crippen LogP contribution in [0, 0.1) is 6.92 Å². The molecule has 0 amide bonds. The van der Waals surface area contributed by atoms with Gasteiger partial charge in [-0.1, -0.05) is 10.3 Å². The fourth-order valence-corrected chi connectivity index (χ4v) is 2.77. The Bertz CT molecular complexity index is 603. The molecular formula is C13H17N5O2. The van der Waals surface area contributed by atoms with E-state index in [-0.39, 0.29) is 6.04 Å². The molecular weight excluding hydrogens is 258 g/mol. The standard InChI is InChI=1S/C13H17N5O2/c1-8-14-13(17-19-8)10-3-2-6-18(10)7-11-15-12(16-20-11)9-4-5-9/h9-10H,2-7H2,1H3/t10-/m0/s1. The molecule has 2 aromatic rings. The third kappa shape index (κ3) is 2.22. The van der Waals surface area contributed by atoms with Gasteiger partial charge in [0.1, 0.15) is 0 Å². The minimum atomic E-state index is 0.198. The van der Waals surface area contributed by atoms with E-state index in [4.69, 9.17) is 9.05 Å². The van der Waals surface area contributed by atoms with Crippen molar-refractivity contribution >= 4 is 0 Å². The smallest absolute Gasteiger partial charge is 0.240 e. The molecule has 0 spiro atoms. The first-order chi connectivity index (χ1) is 9.79. The Morgan fingerprint density at radius 1 is 1.10 bits per heavy atom. The molecule has 1 atom stereocenters. The lowest BCUT2D eigenvalue weighted by Gasteiger charge is -2.19. The van der Waals surface area contributed by atoms with Crippen LogP contribution in [-0.4, -0.2) is 31.7 Å². The van der Waals surface area contributed by atoms with Crippen molar-refractivity contribution in [2.75, 3.05) is 6.54 Å². The summed E-state index contributed by atoms with van der Waals surface area (Å²) in [5.41, 5.74) is 0. The molecule has 2 aliphatic rings. The van der Waals surface area contributed by atoms with Gasteiger partial charge in [-0.05, 0) is 32.2 Å². The Kier molecular flexibility index (Phi) is 2.80. The fourth-order valence-electron chi connectivity index (χ4n) is 2.77. The van der Waals surface area contributed by atoms with E-state index in [0.717, 1.165) is 31.0 Å². The van der Waals surface area contributed by atoms with Crippen LogP contribution < -0.4 is 0 Å². The molecule has 7 nitrogen and oxygen atoms in total. The first-order valence-electron chi connectivity index (χ1n) is 7.16. The molecule has 0 N–H and O–H groups in total. The zero-order valence-corrected chi connectivity index (χ0v) is 11.4. The lowest BCUT2D eigenvalue weighted by molar-refractivity contribution is 0.202. The van der Waals surface area contributed by atoms with Gasteiger partial charge in [0.25, 0.3) is 0 Å². The maximum Gasteiger partial charge on any atom is 0.240 e. The number of rotatable bonds is 4. The van der Waals surface area contributed by atoms with Crippen molar-refractivity contribution in [1.82, 2.24) is 25.2 Å². The van der Waals surface area contributed by atoms with E-state index in [2.05, 4.69) is 25.2 Å². The van der Waals surface area contributed by atoms with Crippen molar-refractivity contribution in [3.8, 4) is 0 Å². The summed E-state index contributed by atoms with van der Waals surface area (Å²) >= 11 is 0. The maximum absolute atomic E-state index is 5.35. The first-order valence-corrected chi connectivity index (χ1v) is 7.16. The van der Waals surface area contributed by atoms with Gasteiger partial charge < -0.3 is 9.05 Å². The summed E-state index contributed by atoms with van der Waals surface area (Å²) in [6.07, 6.45) is 4.55. The molecule has 1 saturated heterocycles. The van der Waals surface area contributed by atoms with Crippen molar-refractivity contribution in [2.45, 2.75) is 51.1 Å². The van der Waals surface area contributed by atoms with Gasteiger partial charge in [0, 0.05) is 12.8 Å². The predicted octanol–water partition coefficient (Wildman–Crippen LogP) is 1.98. The van der Waals surface area contributed by atoms with Crippen LogP contribution in [0.5, 0.6) is 0 Å². The SMILES string of the molecule is Cc1nc([C@@H]2CCCN2Cc2nc(C3CC3)no2)no1. The monoisotopic (exact) mass is 275 g/mol. The van der Waals surface area contributed by atoms with Gasteiger partial charge in [0.2, 0.25) is 11.8 Å². The molecule has 4 rings (SSSR count). The summed E-state index contributed by atoms with van der Waals surface area (Å²) in [6.45, 7) is 3.48. The van der Waals surface area contributed by atoms with Crippen LogP contribution >= 0.6 is 0 Å². The second-order valence-corrected chi connectivity index (χ2v) is 5.62. The van der Waals surface area contributed by atoms with Gasteiger partial charge in [0.15, 0.2) is 11.6 Å². The van der Waals surface area contributed by atoms with E-state index in [1.165, 1.54) is 12.8 Å². The normalized spacial score (nSPS) is 23.6. The van der Waals surface area contributed by atoms with Crippen LogP contribution in [0.4, 0.5) is 0 Å². The highest BCUT2D eigenvalue weighted by atomic mass is 16.5. The molecule has 0 radical (unpaired) electrons. The lowest BCUT2D eigenvalue weighted by atomic mass is 10.2. The summed E-state index contributed by atoms with van der Waals surface area (Å²) in [4.78, 5) is 11.1. The summed E-state index contributed by atoms with van der Waals surface area (Å²) < 4.78 is 10.4. The van der Waals surface area contributed by atoms with Gasteiger partial charge in [-0.15, -0.1) is 0 Å². The van der Waals surface area contributed by atoms with Crippen LogP contribution in [0.1, 0.15) is 61.1 Å². The number of nitrogens with zero attached hydrogens (tertiary/aromatic N) is 5. The third-order valence-electron chi connectivity index (χ3n) is 3.97. The molecule has 7 heteroatoms. The van der Waals surface area contributed by atoms with Crippen LogP contribution in [-0.2, 0) is 6.54 Å². The minimum Gasteiger partial charge on any atom is -0.340 e. The zero-order chi connectivity index (χ0) is 13.5. The summed E-state index contributed by atoms with van der Waals surface area (Å²) in [5, 5.41) is 8.10. The molecule has 0 bridgehead atoms. The minimum absolute atomic E-state index is 0.198. The predicted molar refractivity (Wildman–Crippen MR) is 67.7 cm³/mol. The summed E-state index contributed by atoms with van der Waals surface area (Å²) in [7, 11) is 0. The molecule has 0 aromatic carbocycles. The van der Waals surface area contributed by atoms with E-state index >= 15 is 0 Å². The first kappa shape index (κ1) is 12.0. The highest BCUT2D eigenvalue weighted by Crippen LogP contribution is 2.38. The van der Waals surface area contributed by atoms with Crippen molar-refractivity contribution in [1.29, 1.82) is 0 Å². The highest BCUT2D eigenvalue weighted by molar-refractivity contribution is 5.04. The number of likely N-dealkylation sites (tertiary alicyclic amines) is 1. The van der Waals surface area contributed by atoms with Crippen LogP contribution in [0.25, 0.3) is 0 Å². The van der Waals surface area contributed by atoms with E-state index in [0.29, 0.717) is 24.2 Å². The zero-order valence-electron chi connectivity index (χ0n) is 11.4. The lowest BCUT2D eigenvalue weighted by Crippen LogP contribution is -2.23. The largest absolute Gasteiger partial charge is 0.340 e. The van der Waals surface area contributed by atoms with Crippen LogP contribution in [0.15, 0.2) is 9.05 Å². The Morgan fingerprint density at radius 2 is 1.95 bits per heavy atom. The number of aryl methyl sites for hydroxylation is 1. The second kappa shape index (κ2) is 4.66. The molecule has 1 saturated carbocycles. The molecule has 1 aliphatic carbocycles. The van der Waals surface area contributed by atoms with E-state index < -0.39 is 0 Å². The molecule has 0 unspecified atom stereocenters. The average Bonchev–Trinajstić information content (AvgIpc) is 2.86. The fraction of sp³-hybridized carbons (Fsp3) is 0.692. The quantitative estimate of drug-likeness (QED) is 0.843. The molecule has 2 aromatic heterocycles. The molecule has 3 heterocycles. The Hall–Kier alpha value is -1.76. The van der Waals surface area contributed by atoms with Crippen molar-refractivity contribution in [3.63, 3.8) is 0 Å². The van der Waals surface area contributed by atoms with Gasteiger partial charge >= 0.3 is 0 Å². The average molecular weight is 275 g/mol. The summed E-state index contributed by atoms with van der Waals surface area (Å²) in [5.74, 6) is 3.47. The molecule has 106 valence electrons. The number of hydrogen-bond acceptors (Lipinski definition) is 7. The van der Waals surface area contributed by atoms with Crippen molar-refractivity contribution in [2.24, 2.45) is 0 Å². The van der Waals surface area contributed by atoms with Crippen molar-refractivity contribution < 1.29 is 9.05 Å². The van der Waals surface area contributed by atoms with E-state index in [1.54, 1.807) is 0 Å². The number of hydrogen-bond donors (Lipinski definition) is 0. The Balaban J connectivity index is 1.48. The topological polar surface area (TPSA) is 81.1 Å². The van der Waals surface area contributed by atoms with E-state index in [9.17, 15) is 0 Å². The van der Waals surface area contributed by atoms with Crippen LogP contribution in [0.2, 0.25) is 0 Å². The highest BCUT2D eigenvalue weighted by Gasteiger charge is 2.32. The molecule has 1 aliphatic heterocycles. The van der Waals surface area contributed by atoms with Crippen LogP contribution in [0.3, 0.4) is 0 Å². The van der Waals surface area contributed by atoms with Gasteiger partial charge in [-0.2, -0.15) is 9.97 Å². The Labute approximate surface area is 116 Å². The Morgan fingerprint density at radius 3 is 2.70 bits per heavy atom. The molecule has 2 fully saturated rings.